The van der Waals surface area contributed by atoms with Gasteiger partial charge in [-0.2, -0.15) is 0 Å². The van der Waals surface area contributed by atoms with Gasteiger partial charge in [-0.25, -0.2) is 0 Å². The van der Waals surface area contributed by atoms with Crippen LogP contribution < -0.4 is 4.74 Å². The lowest BCUT2D eigenvalue weighted by atomic mass is 9.81. The number of amides is 1. The lowest BCUT2D eigenvalue weighted by Gasteiger charge is -2.44. The molecule has 0 atom stereocenters. The van der Waals surface area contributed by atoms with E-state index in [1.807, 2.05) is 19.9 Å². The molecule has 6 heteroatoms. The number of rotatable bonds is 1. The van der Waals surface area contributed by atoms with Crippen molar-refractivity contribution >= 4 is 34.9 Å². The quantitative estimate of drug-likeness (QED) is 0.724. The second-order valence-corrected chi connectivity index (χ2v) is 7.05. The molecule has 0 bridgehead atoms. The summed E-state index contributed by atoms with van der Waals surface area (Å²) in [6.45, 7) is 4.90. The average molecular weight is 356 g/mol. The number of ether oxygens (including phenoxy) is 1. The van der Waals surface area contributed by atoms with Gasteiger partial charge in [0.25, 0.3) is 0 Å². The lowest BCUT2D eigenvalue weighted by Crippen LogP contribution is -2.52. The number of hydrogen-bond donors (Lipinski definition) is 0. The molecule has 2 aliphatic rings. The first kappa shape index (κ1) is 16.6. The number of fused-ring (bicyclic) bond motifs is 1. The maximum Gasteiger partial charge on any atom is 0.237 e. The van der Waals surface area contributed by atoms with Crippen molar-refractivity contribution < 1.29 is 14.3 Å². The number of Topliss-reactive ketones (excluding diaryl/α,β-unsaturated/α-hetero) is 1. The molecule has 1 aromatic carbocycles. The maximum absolute atomic E-state index is 12.7. The molecule has 0 saturated carbocycles. The molecule has 2 aliphatic heterocycles. The molecule has 0 N–H and O–H groups in total. The number of carbonyl (C=O) groups excluding carboxylic acids is 2. The zero-order chi connectivity index (χ0) is 16.8. The molecule has 1 aromatic rings. The van der Waals surface area contributed by atoms with Crippen molar-refractivity contribution in [3.8, 4) is 5.75 Å². The first-order chi connectivity index (χ1) is 10.9. The van der Waals surface area contributed by atoms with Gasteiger partial charge in [-0.3, -0.25) is 9.59 Å². The Hall–Kier alpha value is -1.26. The van der Waals surface area contributed by atoms with Crippen LogP contribution in [0.2, 0.25) is 5.02 Å². The predicted octanol–water partition coefficient (Wildman–Crippen LogP) is 3.52. The van der Waals surface area contributed by atoms with Crippen molar-refractivity contribution in [3.05, 3.63) is 27.8 Å². The Morgan fingerprint density at radius 1 is 1.35 bits per heavy atom. The first-order valence-electron chi connectivity index (χ1n) is 7.72. The SMILES string of the molecule is Cc1cc2c(c(C)c1Cl)C(=O)CC1(CCN(C(=O)CCl)CC1)O2. The number of hydrogen-bond acceptors (Lipinski definition) is 3. The van der Waals surface area contributed by atoms with E-state index in [1.54, 1.807) is 4.90 Å². The Bertz CT molecular complexity index is 679. The minimum absolute atomic E-state index is 0.00743. The highest BCUT2D eigenvalue weighted by molar-refractivity contribution is 6.32. The molecule has 1 amide bonds. The summed E-state index contributed by atoms with van der Waals surface area (Å²) in [6, 6.07) is 1.85. The number of carbonyl (C=O) groups is 2. The Balaban J connectivity index is 1.87. The van der Waals surface area contributed by atoms with Gasteiger partial charge in [0.05, 0.1) is 12.0 Å². The maximum atomic E-state index is 12.7. The number of nitrogens with zero attached hydrogens (tertiary/aromatic N) is 1. The molecule has 1 fully saturated rings. The van der Waals surface area contributed by atoms with Gasteiger partial charge in [0.2, 0.25) is 5.91 Å². The first-order valence-corrected chi connectivity index (χ1v) is 8.64. The van der Waals surface area contributed by atoms with Gasteiger partial charge in [-0.1, -0.05) is 11.6 Å². The third-order valence-corrected chi connectivity index (χ3v) is 5.68. The molecule has 23 heavy (non-hydrogen) atoms. The topological polar surface area (TPSA) is 46.6 Å². The molecular formula is C17H19Cl2NO3. The van der Waals surface area contributed by atoms with Gasteiger partial charge >= 0.3 is 0 Å². The molecule has 1 saturated heterocycles. The van der Waals surface area contributed by atoms with E-state index in [9.17, 15) is 9.59 Å². The van der Waals surface area contributed by atoms with Crippen LogP contribution in [0.4, 0.5) is 0 Å². The summed E-state index contributed by atoms with van der Waals surface area (Å²) in [4.78, 5) is 26.1. The van der Waals surface area contributed by atoms with Crippen LogP contribution in [0.25, 0.3) is 0 Å². The van der Waals surface area contributed by atoms with Crippen LogP contribution in [0.15, 0.2) is 6.07 Å². The minimum atomic E-state index is -0.514. The van der Waals surface area contributed by atoms with Crippen LogP contribution in [0.1, 0.15) is 40.7 Å². The predicted molar refractivity (Wildman–Crippen MR) is 89.8 cm³/mol. The van der Waals surface area contributed by atoms with Gasteiger partial charge < -0.3 is 9.64 Å². The summed E-state index contributed by atoms with van der Waals surface area (Å²) in [5.41, 5.74) is 1.78. The van der Waals surface area contributed by atoms with E-state index in [2.05, 4.69) is 0 Å². The molecule has 0 aliphatic carbocycles. The van der Waals surface area contributed by atoms with E-state index in [4.69, 9.17) is 27.9 Å². The van der Waals surface area contributed by atoms with Crippen LogP contribution in [0.3, 0.4) is 0 Å². The summed E-state index contributed by atoms with van der Waals surface area (Å²) in [5, 5.41) is 0.624. The lowest BCUT2D eigenvalue weighted by molar-refractivity contribution is -0.132. The van der Waals surface area contributed by atoms with Crippen LogP contribution in [0.5, 0.6) is 5.75 Å². The van der Waals surface area contributed by atoms with Crippen LogP contribution >= 0.6 is 23.2 Å². The van der Waals surface area contributed by atoms with Gasteiger partial charge in [-0.05, 0) is 31.0 Å². The Kier molecular flexibility index (Phi) is 4.32. The fraction of sp³-hybridized carbons (Fsp3) is 0.529. The third kappa shape index (κ3) is 2.83. The Labute approximate surface area is 145 Å². The number of benzene rings is 1. The zero-order valence-corrected chi connectivity index (χ0v) is 14.8. The Morgan fingerprint density at radius 2 is 2.00 bits per heavy atom. The molecule has 0 unspecified atom stereocenters. The molecule has 3 rings (SSSR count). The number of halogens is 2. The Morgan fingerprint density at radius 3 is 2.61 bits per heavy atom. The highest BCUT2D eigenvalue weighted by atomic mass is 35.5. The van der Waals surface area contributed by atoms with Crippen molar-refractivity contribution in [1.82, 2.24) is 4.90 Å². The second-order valence-electron chi connectivity index (χ2n) is 6.41. The number of piperidine rings is 1. The summed E-state index contributed by atoms with van der Waals surface area (Å²) < 4.78 is 6.26. The summed E-state index contributed by atoms with van der Waals surface area (Å²) in [7, 11) is 0. The fourth-order valence-electron chi connectivity index (χ4n) is 3.53. The number of aryl methyl sites for hydroxylation is 1. The average Bonchev–Trinajstić information content (AvgIpc) is 2.52. The molecule has 1 spiro atoms. The van der Waals surface area contributed by atoms with Crippen molar-refractivity contribution in [2.45, 2.75) is 38.7 Å². The van der Waals surface area contributed by atoms with Crippen molar-refractivity contribution in [3.63, 3.8) is 0 Å². The van der Waals surface area contributed by atoms with Crippen molar-refractivity contribution in [1.29, 1.82) is 0 Å². The van der Waals surface area contributed by atoms with Gasteiger partial charge in [0, 0.05) is 31.0 Å². The summed E-state index contributed by atoms with van der Waals surface area (Å²) in [5.74, 6) is 0.620. The normalized spacial score (nSPS) is 19.5. The summed E-state index contributed by atoms with van der Waals surface area (Å²) in [6.07, 6.45) is 1.62. The number of ketones is 1. The van der Waals surface area contributed by atoms with Crippen molar-refractivity contribution in [2.24, 2.45) is 0 Å². The van der Waals surface area contributed by atoms with E-state index in [-0.39, 0.29) is 17.6 Å². The van der Waals surface area contributed by atoms with Gasteiger partial charge in [0.15, 0.2) is 5.78 Å². The molecule has 0 aromatic heterocycles. The molecule has 0 radical (unpaired) electrons. The molecular weight excluding hydrogens is 337 g/mol. The van der Waals surface area contributed by atoms with E-state index in [1.165, 1.54) is 0 Å². The van der Waals surface area contributed by atoms with E-state index >= 15 is 0 Å². The second kappa shape index (κ2) is 5.99. The monoisotopic (exact) mass is 355 g/mol. The highest BCUT2D eigenvalue weighted by Gasteiger charge is 2.44. The highest BCUT2D eigenvalue weighted by Crippen LogP contribution is 2.43. The summed E-state index contributed by atoms with van der Waals surface area (Å²) >= 11 is 11.9. The van der Waals surface area contributed by atoms with Crippen LogP contribution in [-0.2, 0) is 4.79 Å². The van der Waals surface area contributed by atoms with Crippen LogP contribution in [-0.4, -0.2) is 41.2 Å². The van der Waals surface area contributed by atoms with Gasteiger partial charge in [-0.15, -0.1) is 11.6 Å². The molecule has 4 nitrogen and oxygen atoms in total. The number of likely N-dealkylation sites (tertiary alicyclic amines) is 1. The van der Waals surface area contributed by atoms with E-state index in [0.717, 1.165) is 11.1 Å². The smallest absolute Gasteiger partial charge is 0.237 e. The number of alkyl halides is 1. The van der Waals surface area contributed by atoms with E-state index < -0.39 is 5.60 Å². The molecule has 2 heterocycles. The largest absolute Gasteiger partial charge is 0.486 e. The standard InChI is InChI=1S/C17H19Cl2NO3/c1-10-7-13-15(11(2)16(10)19)12(21)8-17(23-13)3-5-20(6-4-17)14(22)9-18/h7H,3-6,8-9H2,1-2H3. The van der Waals surface area contributed by atoms with Crippen LogP contribution in [0, 0.1) is 13.8 Å². The van der Waals surface area contributed by atoms with E-state index in [0.29, 0.717) is 48.7 Å². The molecule has 124 valence electrons. The van der Waals surface area contributed by atoms with Gasteiger partial charge in [0.1, 0.15) is 17.2 Å². The van der Waals surface area contributed by atoms with Crippen molar-refractivity contribution in [2.75, 3.05) is 19.0 Å². The minimum Gasteiger partial charge on any atom is -0.486 e. The zero-order valence-electron chi connectivity index (χ0n) is 13.2. The fourth-order valence-corrected chi connectivity index (χ4v) is 3.84. The third-order valence-electron chi connectivity index (χ3n) is 4.87.